The van der Waals surface area contributed by atoms with Gasteiger partial charge < -0.3 is 14.6 Å². The van der Waals surface area contributed by atoms with E-state index in [0.717, 1.165) is 43.3 Å². The number of sulfonamides is 1. The smallest absolute Gasteiger partial charge is 0.408 e. The monoisotopic (exact) mass is 494 g/mol. The van der Waals surface area contributed by atoms with E-state index in [2.05, 4.69) is 24.9 Å². The number of nitrogens with zero attached hydrogens (tertiary/aromatic N) is 4. The van der Waals surface area contributed by atoms with E-state index in [1.165, 1.54) is 36.2 Å². The van der Waals surface area contributed by atoms with E-state index in [9.17, 15) is 13.2 Å². The third-order valence-electron chi connectivity index (χ3n) is 5.96. The number of piperidine rings is 1. The number of fused-ring (bicyclic) bond motifs is 1. The molecule has 0 amide bonds. The van der Waals surface area contributed by atoms with Gasteiger partial charge in [0.1, 0.15) is 5.82 Å². The summed E-state index contributed by atoms with van der Waals surface area (Å²) in [4.78, 5) is 23.2. The van der Waals surface area contributed by atoms with Crippen molar-refractivity contribution >= 4 is 44.3 Å². The average Bonchev–Trinajstić information content (AvgIpc) is 3.13. The lowest BCUT2D eigenvalue weighted by molar-refractivity contribution is 0.528. The lowest BCUT2D eigenvalue weighted by Gasteiger charge is -2.27. The fourth-order valence-electron chi connectivity index (χ4n) is 4.11. The first-order valence-electron chi connectivity index (χ1n) is 11.4. The third kappa shape index (κ3) is 4.85. The largest absolute Gasteiger partial charge is 0.419 e. The van der Waals surface area contributed by atoms with Gasteiger partial charge in [-0.15, -0.1) is 0 Å². The Morgan fingerprint density at radius 2 is 1.66 bits per heavy atom. The molecule has 11 heteroatoms. The first kappa shape index (κ1) is 22.9. The minimum Gasteiger partial charge on any atom is -0.408 e. The quantitative estimate of drug-likeness (QED) is 0.415. The third-order valence-corrected chi connectivity index (χ3v) is 7.34. The Kier molecular flexibility index (Phi) is 5.93. The molecule has 2 aromatic carbocycles. The van der Waals surface area contributed by atoms with Gasteiger partial charge in [-0.2, -0.15) is 4.98 Å². The first-order valence-corrected chi connectivity index (χ1v) is 12.9. The molecular formula is C24H26N6O4S. The van der Waals surface area contributed by atoms with Gasteiger partial charge in [0.25, 0.3) is 10.0 Å². The van der Waals surface area contributed by atoms with Crippen LogP contribution in [-0.4, -0.2) is 36.0 Å². The molecule has 1 fully saturated rings. The Morgan fingerprint density at radius 3 is 2.40 bits per heavy atom. The van der Waals surface area contributed by atoms with Crippen molar-refractivity contribution in [2.45, 2.75) is 31.1 Å². The zero-order valence-electron chi connectivity index (χ0n) is 19.5. The van der Waals surface area contributed by atoms with Crippen LogP contribution in [0.3, 0.4) is 0 Å². The molecule has 5 rings (SSSR count). The summed E-state index contributed by atoms with van der Waals surface area (Å²) in [6.07, 6.45) is 3.53. The predicted octanol–water partition coefficient (Wildman–Crippen LogP) is 3.76. The van der Waals surface area contributed by atoms with E-state index in [1.54, 1.807) is 24.3 Å². The van der Waals surface area contributed by atoms with Crippen molar-refractivity contribution in [3.63, 3.8) is 0 Å². The molecule has 0 spiro atoms. The standard InChI is InChI=1S/C24H26N6O4S/c1-16-14-22(27-23(25-16)30-12-4-3-5-13-30)26-17-6-8-18(9-7-17)28-35(32,33)19-10-11-21-20(15-19)29(2)24(31)34-21/h6-11,14-15,28H,3-5,12-13H2,1-2H3,(H,25,26,27). The molecule has 0 unspecified atom stereocenters. The van der Waals surface area contributed by atoms with Crippen LogP contribution in [-0.2, 0) is 17.1 Å². The van der Waals surface area contributed by atoms with Gasteiger partial charge in [0.2, 0.25) is 5.95 Å². The van der Waals surface area contributed by atoms with Gasteiger partial charge in [-0.05, 0) is 68.7 Å². The average molecular weight is 495 g/mol. The Balaban J connectivity index is 1.31. The number of benzene rings is 2. The van der Waals surface area contributed by atoms with Gasteiger partial charge in [0.15, 0.2) is 5.58 Å². The summed E-state index contributed by atoms with van der Waals surface area (Å²) in [5, 5.41) is 3.28. The molecule has 1 saturated heterocycles. The minimum absolute atomic E-state index is 0.0327. The zero-order valence-corrected chi connectivity index (χ0v) is 20.3. The van der Waals surface area contributed by atoms with Crippen LogP contribution in [0, 0.1) is 6.92 Å². The van der Waals surface area contributed by atoms with Crippen LogP contribution in [0.25, 0.3) is 11.1 Å². The summed E-state index contributed by atoms with van der Waals surface area (Å²) in [7, 11) is -2.34. The van der Waals surface area contributed by atoms with Crippen molar-refractivity contribution in [1.82, 2.24) is 14.5 Å². The number of aryl methyl sites for hydroxylation is 2. The van der Waals surface area contributed by atoms with E-state index in [1.807, 2.05) is 13.0 Å². The summed E-state index contributed by atoms with van der Waals surface area (Å²) in [6.45, 7) is 3.86. The molecule has 0 radical (unpaired) electrons. The Hall–Kier alpha value is -3.86. The molecule has 4 aromatic rings. The summed E-state index contributed by atoms with van der Waals surface area (Å²) in [5.74, 6) is 0.863. The number of rotatable bonds is 6. The number of oxazole rings is 1. The molecule has 0 saturated carbocycles. The highest BCUT2D eigenvalue weighted by atomic mass is 32.2. The Bertz CT molecular complexity index is 1540. The van der Waals surface area contributed by atoms with Crippen molar-refractivity contribution in [2.24, 2.45) is 7.05 Å². The van der Waals surface area contributed by atoms with E-state index >= 15 is 0 Å². The summed E-state index contributed by atoms with van der Waals surface area (Å²) >= 11 is 0. The second-order valence-corrected chi connectivity index (χ2v) is 10.3. The van der Waals surface area contributed by atoms with E-state index in [-0.39, 0.29) is 4.90 Å². The van der Waals surface area contributed by atoms with E-state index in [0.29, 0.717) is 22.6 Å². The molecule has 182 valence electrons. The Labute approximate surface area is 202 Å². The van der Waals surface area contributed by atoms with Gasteiger partial charge in [-0.1, -0.05) is 0 Å². The topological polar surface area (TPSA) is 122 Å². The van der Waals surface area contributed by atoms with Crippen LogP contribution in [0.1, 0.15) is 25.0 Å². The lowest BCUT2D eigenvalue weighted by Crippen LogP contribution is -2.31. The maximum absolute atomic E-state index is 12.9. The van der Waals surface area contributed by atoms with Crippen molar-refractivity contribution in [3.8, 4) is 0 Å². The van der Waals surface area contributed by atoms with Crippen LogP contribution in [0.5, 0.6) is 0 Å². The summed E-state index contributed by atoms with van der Waals surface area (Å²) < 4.78 is 34.7. The van der Waals surface area contributed by atoms with Gasteiger partial charge in [0.05, 0.1) is 10.4 Å². The molecule has 35 heavy (non-hydrogen) atoms. The van der Waals surface area contributed by atoms with Crippen LogP contribution in [0.2, 0.25) is 0 Å². The van der Waals surface area contributed by atoms with E-state index < -0.39 is 15.8 Å². The molecule has 0 aliphatic carbocycles. The highest BCUT2D eigenvalue weighted by molar-refractivity contribution is 7.92. The lowest BCUT2D eigenvalue weighted by atomic mass is 10.1. The van der Waals surface area contributed by atoms with Crippen LogP contribution >= 0.6 is 0 Å². The van der Waals surface area contributed by atoms with Gasteiger partial charge in [-0.3, -0.25) is 9.29 Å². The molecule has 1 aliphatic heterocycles. The molecule has 0 atom stereocenters. The first-order chi connectivity index (χ1) is 16.8. The molecule has 1 aliphatic rings. The molecule has 0 bridgehead atoms. The zero-order chi connectivity index (χ0) is 24.6. The number of anilines is 4. The normalized spacial score (nSPS) is 14.3. The number of nitrogens with one attached hydrogen (secondary N) is 2. The van der Waals surface area contributed by atoms with Gasteiger partial charge in [0, 0.05) is 43.3 Å². The maximum Gasteiger partial charge on any atom is 0.419 e. The highest BCUT2D eigenvalue weighted by Gasteiger charge is 2.18. The highest BCUT2D eigenvalue weighted by Crippen LogP contribution is 2.24. The van der Waals surface area contributed by atoms with Crippen LogP contribution < -0.4 is 20.7 Å². The minimum atomic E-state index is -3.86. The second-order valence-electron chi connectivity index (χ2n) is 8.61. The fraction of sp³-hybridized carbons (Fsp3) is 0.292. The van der Waals surface area contributed by atoms with Crippen molar-refractivity contribution in [3.05, 3.63) is 64.8 Å². The van der Waals surface area contributed by atoms with Crippen molar-refractivity contribution < 1.29 is 12.8 Å². The number of hydrogen-bond acceptors (Lipinski definition) is 8. The fourth-order valence-corrected chi connectivity index (χ4v) is 5.19. The van der Waals surface area contributed by atoms with Crippen molar-refractivity contribution in [2.75, 3.05) is 28.0 Å². The SMILES string of the molecule is Cc1cc(Nc2ccc(NS(=O)(=O)c3ccc4oc(=O)n(C)c4c3)cc2)nc(N2CCCCC2)n1. The summed E-state index contributed by atoms with van der Waals surface area (Å²) in [6, 6.07) is 13.1. The summed E-state index contributed by atoms with van der Waals surface area (Å²) in [5.41, 5.74) is 2.78. The predicted molar refractivity (Wildman–Crippen MR) is 135 cm³/mol. The molecule has 2 N–H and O–H groups in total. The van der Waals surface area contributed by atoms with Gasteiger partial charge >= 0.3 is 5.76 Å². The number of aromatic nitrogens is 3. The maximum atomic E-state index is 12.9. The van der Waals surface area contributed by atoms with E-state index in [4.69, 9.17) is 4.42 Å². The van der Waals surface area contributed by atoms with Gasteiger partial charge in [-0.25, -0.2) is 18.2 Å². The molecule has 2 aromatic heterocycles. The van der Waals surface area contributed by atoms with Crippen LogP contribution in [0.4, 0.5) is 23.1 Å². The Morgan fingerprint density at radius 1 is 0.943 bits per heavy atom. The molecule has 10 nitrogen and oxygen atoms in total. The second kappa shape index (κ2) is 9.06. The molecule has 3 heterocycles. The van der Waals surface area contributed by atoms with Crippen molar-refractivity contribution in [1.29, 1.82) is 0 Å². The number of hydrogen-bond donors (Lipinski definition) is 2. The van der Waals surface area contributed by atoms with Crippen LogP contribution in [0.15, 0.2) is 62.6 Å². The molecular weight excluding hydrogens is 468 g/mol.